The van der Waals surface area contributed by atoms with Gasteiger partial charge in [-0.2, -0.15) is 5.26 Å². The molecule has 0 spiro atoms. The van der Waals surface area contributed by atoms with Gasteiger partial charge in [0.25, 0.3) is 11.5 Å². The molecule has 2 N–H and O–H groups in total. The predicted octanol–water partition coefficient (Wildman–Crippen LogP) is 1.95. The lowest BCUT2D eigenvalue weighted by Crippen LogP contribution is -2.37. The van der Waals surface area contributed by atoms with Crippen LogP contribution in [0.1, 0.15) is 29.3 Å². The van der Waals surface area contributed by atoms with Gasteiger partial charge < -0.3 is 15.0 Å². The van der Waals surface area contributed by atoms with Gasteiger partial charge in [-0.15, -0.1) is 0 Å². The Morgan fingerprint density at radius 2 is 2.12 bits per heavy atom. The third-order valence-corrected chi connectivity index (χ3v) is 3.58. The second-order valence-electron chi connectivity index (χ2n) is 5.56. The fraction of sp³-hybridized carbons (Fsp3) is 0.278. The molecule has 2 rings (SSSR count). The van der Waals surface area contributed by atoms with E-state index in [9.17, 15) is 9.59 Å². The number of rotatable bonds is 5. The average Bonchev–Trinajstić information content (AvgIpc) is 2.53. The summed E-state index contributed by atoms with van der Waals surface area (Å²) in [6.45, 7) is 5.38. The maximum Gasteiger partial charge on any atom is 0.261 e. The summed E-state index contributed by atoms with van der Waals surface area (Å²) in [5.74, 6) is 0.109. The van der Waals surface area contributed by atoms with E-state index in [0.29, 0.717) is 16.9 Å². The van der Waals surface area contributed by atoms with Crippen molar-refractivity contribution in [3.63, 3.8) is 0 Å². The summed E-state index contributed by atoms with van der Waals surface area (Å²) >= 11 is 0. The third kappa shape index (κ3) is 4.23. The summed E-state index contributed by atoms with van der Waals surface area (Å²) in [6, 6.07) is 10.5. The Morgan fingerprint density at radius 1 is 1.38 bits per heavy atom. The van der Waals surface area contributed by atoms with Gasteiger partial charge in [0.2, 0.25) is 0 Å². The zero-order chi connectivity index (χ0) is 17.7. The van der Waals surface area contributed by atoms with E-state index < -0.39 is 6.10 Å². The van der Waals surface area contributed by atoms with E-state index in [2.05, 4.69) is 10.3 Å². The SMILES string of the molecule is Cc1cc(C)c(CNC(=O)[C@@H](C)Oc2cccc(C#N)c2)c(=O)[nH]1. The summed E-state index contributed by atoms with van der Waals surface area (Å²) in [4.78, 5) is 26.8. The van der Waals surface area contributed by atoms with Crippen LogP contribution in [0.4, 0.5) is 0 Å². The number of amides is 1. The molecule has 0 saturated heterocycles. The molecule has 0 radical (unpaired) electrons. The first-order valence-corrected chi connectivity index (χ1v) is 7.54. The lowest BCUT2D eigenvalue weighted by molar-refractivity contribution is -0.127. The molecule has 0 aliphatic carbocycles. The van der Waals surface area contributed by atoms with Crippen molar-refractivity contribution in [2.45, 2.75) is 33.4 Å². The van der Waals surface area contributed by atoms with E-state index >= 15 is 0 Å². The molecular formula is C18H19N3O3. The molecule has 1 atom stereocenters. The number of aryl methyl sites for hydroxylation is 2. The minimum absolute atomic E-state index is 0.131. The van der Waals surface area contributed by atoms with E-state index in [1.165, 1.54) is 0 Å². The smallest absolute Gasteiger partial charge is 0.261 e. The third-order valence-electron chi connectivity index (χ3n) is 3.58. The van der Waals surface area contributed by atoms with E-state index in [1.54, 1.807) is 31.2 Å². The second-order valence-corrected chi connectivity index (χ2v) is 5.56. The molecule has 1 heterocycles. The van der Waals surface area contributed by atoms with Gasteiger partial charge in [0.05, 0.1) is 11.6 Å². The van der Waals surface area contributed by atoms with Crippen molar-refractivity contribution < 1.29 is 9.53 Å². The van der Waals surface area contributed by atoms with Crippen molar-refractivity contribution in [2.24, 2.45) is 0 Å². The Labute approximate surface area is 140 Å². The summed E-state index contributed by atoms with van der Waals surface area (Å²) < 4.78 is 5.54. The molecule has 1 amide bonds. The summed E-state index contributed by atoms with van der Waals surface area (Å²) in [7, 11) is 0. The number of nitrogens with zero attached hydrogens (tertiary/aromatic N) is 1. The second kappa shape index (κ2) is 7.47. The molecule has 2 aromatic rings. The Morgan fingerprint density at radius 3 is 2.79 bits per heavy atom. The van der Waals surface area contributed by atoms with Crippen LogP contribution in [0.25, 0.3) is 0 Å². The molecule has 6 nitrogen and oxygen atoms in total. The van der Waals surface area contributed by atoms with Crippen LogP contribution in [-0.4, -0.2) is 17.0 Å². The van der Waals surface area contributed by atoms with Crippen LogP contribution in [-0.2, 0) is 11.3 Å². The Kier molecular flexibility index (Phi) is 5.38. The van der Waals surface area contributed by atoms with E-state index in [4.69, 9.17) is 10.00 Å². The topological polar surface area (TPSA) is 95.0 Å². The van der Waals surface area contributed by atoms with Crippen molar-refractivity contribution in [2.75, 3.05) is 0 Å². The largest absolute Gasteiger partial charge is 0.481 e. The molecule has 0 unspecified atom stereocenters. The maximum atomic E-state index is 12.2. The van der Waals surface area contributed by atoms with E-state index in [0.717, 1.165) is 11.3 Å². The number of ether oxygens (including phenoxy) is 1. The van der Waals surface area contributed by atoms with Gasteiger partial charge in [0.1, 0.15) is 5.75 Å². The quantitative estimate of drug-likeness (QED) is 0.878. The van der Waals surface area contributed by atoms with Gasteiger partial charge >= 0.3 is 0 Å². The van der Waals surface area contributed by atoms with Gasteiger partial charge in [-0.1, -0.05) is 6.07 Å². The van der Waals surface area contributed by atoms with Crippen molar-refractivity contribution in [3.05, 3.63) is 63.1 Å². The highest BCUT2D eigenvalue weighted by Crippen LogP contribution is 2.14. The van der Waals surface area contributed by atoms with Gasteiger partial charge in [-0.05, 0) is 50.6 Å². The highest BCUT2D eigenvalue weighted by atomic mass is 16.5. The van der Waals surface area contributed by atoms with Crippen LogP contribution in [0.3, 0.4) is 0 Å². The molecule has 0 aliphatic rings. The normalized spacial score (nSPS) is 11.4. The van der Waals surface area contributed by atoms with Crippen LogP contribution < -0.4 is 15.6 Å². The highest BCUT2D eigenvalue weighted by Gasteiger charge is 2.16. The van der Waals surface area contributed by atoms with Crippen molar-refractivity contribution in [1.82, 2.24) is 10.3 Å². The molecular weight excluding hydrogens is 306 g/mol. The molecule has 1 aromatic heterocycles. The monoisotopic (exact) mass is 325 g/mol. The predicted molar refractivity (Wildman–Crippen MR) is 89.6 cm³/mol. The maximum absolute atomic E-state index is 12.2. The molecule has 0 aliphatic heterocycles. The Balaban J connectivity index is 2.00. The first-order chi connectivity index (χ1) is 11.4. The van der Waals surface area contributed by atoms with Crippen LogP contribution in [0.5, 0.6) is 5.75 Å². The molecule has 1 aromatic carbocycles. The molecule has 6 heteroatoms. The van der Waals surface area contributed by atoms with Crippen molar-refractivity contribution in [3.8, 4) is 11.8 Å². The number of aromatic nitrogens is 1. The van der Waals surface area contributed by atoms with Crippen molar-refractivity contribution in [1.29, 1.82) is 5.26 Å². The summed E-state index contributed by atoms with van der Waals surface area (Å²) in [5.41, 5.74) is 2.38. The number of nitriles is 1. The zero-order valence-electron chi connectivity index (χ0n) is 13.8. The van der Waals surface area contributed by atoms with Crippen molar-refractivity contribution >= 4 is 5.91 Å². The van der Waals surface area contributed by atoms with Crippen LogP contribution >= 0.6 is 0 Å². The summed E-state index contributed by atoms with van der Waals surface area (Å²) in [6.07, 6.45) is -0.747. The van der Waals surface area contributed by atoms with Crippen LogP contribution in [0.2, 0.25) is 0 Å². The summed E-state index contributed by atoms with van der Waals surface area (Å²) in [5, 5.41) is 11.6. The van der Waals surface area contributed by atoms with E-state index in [1.807, 2.05) is 26.0 Å². The lowest BCUT2D eigenvalue weighted by atomic mass is 10.1. The first kappa shape index (κ1) is 17.3. The van der Waals surface area contributed by atoms with Crippen LogP contribution in [0.15, 0.2) is 35.1 Å². The number of hydrogen-bond donors (Lipinski definition) is 2. The fourth-order valence-corrected chi connectivity index (χ4v) is 2.32. The van der Waals surface area contributed by atoms with Gasteiger partial charge in [-0.3, -0.25) is 9.59 Å². The molecule has 24 heavy (non-hydrogen) atoms. The number of carbonyl (C=O) groups is 1. The Hall–Kier alpha value is -3.07. The number of hydrogen-bond acceptors (Lipinski definition) is 4. The van der Waals surface area contributed by atoms with Gasteiger partial charge in [0.15, 0.2) is 6.10 Å². The van der Waals surface area contributed by atoms with E-state index in [-0.39, 0.29) is 18.0 Å². The number of H-pyrrole nitrogens is 1. The molecule has 0 bridgehead atoms. The number of aromatic amines is 1. The minimum atomic E-state index is -0.747. The Bertz CT molecular complexity index is 849. The number of benzene rings is 1. The number of nitrogens with one attached hydrogen (secondary N) is 2. The lowest BCUT2D eigenvalue weighted by Gasteiger charge is -2.15. The first-order valence-electron chi connectivity index (χ1n) is 7.54. The van der Waals surface area contributed by atoms with Crippen LogP contribution in [0, 0.1) is 25.2 Å². The average molecular weight is 325 g/mol. The number of pyridine rings is 1. The molecule has 0 fully saturated rings. The highest BCUT2D eigenvalue weighted by molar-refractivity contribution is 5.80. The zero-order valence-corrected chi connectivity index (χ0v) is 13.8. The molecule has 0 saturated carbocycles. The standard InChI is InChI=1S/C18H19N3O3/c1-11-7-12(2)21-18(23)16(11)10-20-17(22)13(3)24-15-6-4-5-14(8-15)9-19/h4-8,13H,10H2,1-3H3,(H,20,22)(H,21,23)/t13-/m1/s1. The minimum Gasteiger partial charge on any atom is -0.481 e. The number of carbonyl (C=O) groups excluding carboxylic acids is 1. The van der Waals surface area contributed by atoms with Gasteiger partial charge in [0, 0.05) is 17.8 Å². The molecule has 124 valence electrons. The van der Waals surface area contributed by atoms with Gasteiger partial charge in [-0.25, -0.2) is 0 Å². The fourth-order valence-electron chi connectivity index (χ4n) is 2.32.